The number of unbranched alkanes of at least 4 members (excludes halogenated alkanes) is 3. The molecule has 5 nitrogen and oxygen atoms in total. The summed E-state index contributed by atoms with van der Waals surface area (Å²) in [6.45, 7) is 3.00. The fourth-order valence-electron chi connectivity index (χ4n) is 3.38. The lowest BCUT2D eigenvalue weighted by Crippen LogP contribution is -2.47. The van der Waals surface area contributed by atoms with E-state index in [1.807, 2.05) is 0 Å². The van der Waals surface area contributed by atoms with Gasteiger partial charge in [-0.05, 0) is 31.4 Å². The van der Waals surface area contributed by atoms with Crippen LogP contribution in [0, 0.1) is 5.92 Å². The Hall–Kier alpha value is -2.25. The molecule has 0 radical (unpaired) electrons. The summed E-state index contributed by atoms with van der Waals surface area (Å²) in [7, 11) is 0. The minimum atomic E-state index is -4.55. The normalized spacial score (nSPS) is 17.1. The third-order valence-electron chi connectivity index (χ3n) is 5.02. The van der Waals surface area contributed by atoms with Crippen molar-refractivity contribution in [1.82, 2.24) is 10.2 Å². The number of likely N-dealkylation sites (tertiary alicyclic amines) is 1. The third-order valence-corrected chi connectivity index (χ3v) is 5.02. The Labute approximate surface area is 169 Å². The minimum absolute atomic E-state index is 0.0673. The van der Waals surface area contributed by atoms with Crippen LogP contribution >= 0.6 is 0 Å². The molecule has 0 aliphatic carbocycles. The van der Waals surface area contributed by atoms with E-state index in [9.17, 15) is 22.8 Å². The van der Waals surface area contributed by atoms with Crippen molar-refractivity contribution < 1.29 is 27.5 Å². The predicted octanol–water partition coefficient (Wildman–Crippen LogP) is 4.02. The van der Waals surface area contributed by atoms with Gasteiger partial charge in [0.1, 0.15) is 5.75 Å². The van der Waals surface area contributed by atoms with Gasteiger partial charge < -0.3 is 15.0 Å². The maximum Gasteiger partial charge on any atom is 0.419 e. The zero-order valence-electron chi connectivity index (χ0n) is 16.8. The van der Waals surface area contributed by atoms with Gasteiger partial charge in [0, 0.05) is 19.6 Å². The lowest BCUT2D eigenvalue weighted by molar-refractivity contribution is -0.142. The molecule has 1 aromatic rings. The van der Waals surface area contributed by atoms with Crippen molar-refractivity contribution >= 4 is 11.8 Å². The van der Waals surface area contributed by atoms with Crippen LogP contribution in [0.25, 0.3) is 0 Å². The van der Waals surface area contributed by atoms with Gasteiger partial charge in [-0.1, -0.05) is 38.3 Å². The number of hydrogen-bond donors (Lipinski definition) is 1. The summed E-state index contributed by atoms with van der Waals surface area (Å²) in [5.41, 5.74) is -0.910. The Morgan fingerprint density at radius 2 is 1.97 bits per heavy atom. The monoisotopic (exact) mass is 414 g/mol. The van der Waals surface area contributed by atoms with Crippen LogP contribution in [0.1, 0.15) is 51.0 Å². The number of piperidine rings is 1. The molecule has 0 aromatic heterocycles. The zero-order chi connectivity index (χ0) is 21.3. The molecule has 0 spiro atoms. The number of ether oxygens (including phenoxy) is 1. The average molecular weight is 414 g/mol. The maximum absolute atomic E-state index is 13.0. The highest BCUT2D eigenvalue weighted by molar-refractivity contribution is 5.82. The summed E-state index contributed by atoms with van der Waals surface area (Å²) in [5, 5.41) is 2.92. The number of rotatable bonds is 9. The fourth-order valence-corrected chi connectivity index (χ4v) is 3.38. The zero-order valence-corrected chi connectivity index (χ0v) is 16.8. The number of halogens is 3. The number of amides is 2. The molecule has 2 rings (SSSR count). The summed E-state index contributed by atoms with van der Waals surface area (Å²) in [4.78, 5) is 26.2. The molecule has 1 heterocycles. The van der Waals surface area contributed by atoms with Gasteiger partial charge in [0.15, 0.2) is 6.61 Å². The summed E-state index contributed by atoms with van der Waals surface area (Å²) in [5.74, 6) is -1.14. The summed E-state index contributed by atoms with van der Waals surface area (Å²) >= 11 is 0. The Bertz CT molecular complexity index is 679. The van der Waals surface area contributed by atoms with Crippen molar-refractivity contribution in [2.45, 2.75) is 51.6 Å². The highest BCUT2D eigenvalue weighted by Gasteiger charge is 2.34. The van der Waals surface area contributed by atoms with Crippen LogP contribution in [-0.2, 0) is 15.8 Å². The molecular weight excluding hydrogens is 385 g/mol. The van der Waals surface area contributed by atoms with E-state index in [-0.39, 0.29) is 24.1 Å². The van der Waals surface area contributed by atoms with Crippen molar-refractivity contribution in [1.29, 1.82) is 0 Å². The lowest BCUT2D eigenvalue weighted by atomic mass is 9.97. The van der Waals surface area contributed by atoms with Crippen molar-refractivity contribution in [3.8, 4) is 5.75 Å². The molecule has 1 aromatic carbocycles. The summed E-state index contributed by atoms with van der Waals surface area (Å²) in [6, 6.07) is 4.81. The molecule has 1 N–H and O–H groups in total. The third kappa shape index (κ3) is 7.25. The molecule has 1 aliphatic heterocycles. The lowest BCUT2D eigenvalue weighted by Gasteiger charge is -2.32. The van der Waals surface area contributed by atoms with Crippen LogP contribution in [0.15, 0.2) is 24.3 Å². The van der Waals surface area contributed by atoms with Gasteiger partial charge in [0.05, 0.1) is 11.5 Å². The van der Waals surface area contributed by atoms with E-state index in [0.29, 0.717) is 25.9 Å². The number of hydrogen-bond acceptors (Lipinski definition) is 3. The Kier molecular flexibility index (Phi) is 8.79. The van der Waals surface area contributed by atoms with Crippen LogP contribution in [0.3, 0.4) is 0 Å². The van der Waals surface area contributed by atoms with Gasteiger partial charge in [-0.15, -0.1) is 0 Å². The highest BCUT2D eigenvalue weighted by Crippen LogP contribution is 2.35. The van der Waals surface area contributed by atoms with Crippen molar-refractivity contribution in [3.05, 3.63) is 29.8 Å². The van der Waals surface area contributed by atoms with E-state index in [0.717, 1.165) is 31.7 Å². The maximum atomic E-state index is 13.0. The number of benzene rings is 1. The van der Waals surface area contributed by atoms with E-state index in [1.165, 1.54) is 23.1 Å². The van der Waals surface area contributed by atoms with Gasteiger partial charge >= 0.3 is 6.18 Å². The molecule has 162 valence electrons. The first-order valence-electron chi connectivity index (χ1n) is 10.2. The van der Waals surface area contributed by atoms with Crippen molar-refractivity contribution in [2.24, 2.45) is 5.92 Å². The first-order chi connectivity index (χ1) is 13.8. The number of nitrogens with zero attached hydrogens (tertiary/aromatic N) is 1. The first kappa shape index (κ1) is 23.0. The average Bonchev–Trinajstić information content (AvgIpc) is 2.71. The van der Waals surface area contributed by atoms with Crippen LogP contribution in [0.4, 0.5) is 13.2 Å². The molecule has 0 saturated carbocycles. The summed E-state index contributed by atoms with van der Waals surface area (Å²) in [6.07, 6.45) is 1.10. The van der Waals surface area contributed by atoms with Crippen LogP contribution < -0.4 is 10.1 Å². The van der Waals surface area contributed by atoms with Crippen LogP contribution in [0.5, 0.6) is 5.75 Å². The molecule has 1 saturated heterocycles. The molecule has 0 bridgehead atoms. The number of carbonyl (C=O) groups is 2. The minimum Gasteiger partial charge on any atom is -0.483 e. The van der Waals surface area contributed by atoms with Crippen LogP contribution in [0.2, 0.25) is 0 Å². The van der Waals surface area contributed by atoms with Gasteiger partial charge in [0.25, 0.3) is 5.91 Å². The van der Waals surface area contributed by atoms with Crippen LogP contribution in [-0.4, -0.2) is 43.0 Å². The second kappa shape index (κ2) is 11.1. The van der Waals surface area contributed by atoms with Gasteiger partial charge in [-0.2, -0.15) is 13.2 Å². The second-order valence-electron chi connectivity index (χ2n) is 7.31. The van der Waals surface area contributed by atoms with Gasteiger partial charge in [0.2, 0.25) is 5.91 Å². The predicted molar refractivity (Wildman–Crippen MR) is 103 cm³/mol. The Balaban J connectivity index is 1.83. The van der Waals surface area contributed by atoms with Gasteiger partial charge in [-0.25, -0.2) is 0 Å². The largest absolute Gasteiger partial charge is 0.483 e. The topological polar surface area (TPSA) is 58.6 Å². The van der Waals surface area contributed by atoms with E-state index >= 15 is 0 Å². The number of para-hydroxylation sites is 1. The number of carbonyl (C=O) groups excluding carboxylic acids is 2. The molecule has 1 fully saturated rings. The highest BCUT2D eigenvalue weighted by atomic mass is 19.4. The molecule has 29 heavy (non-hydrogen) atoms. The van der Waals surface area contributed by atoms with Crippen molar-refractivity contribution in [2.75, 3.05) is 26.2 Å². The Morgan fingerprint density at radius 3 is 2.69 bits per heavy atom. The molecule has 2 amide bonds. The Morgan fingerprint density at radius 1 is 1.21 bits per heavy atom. The first-order valence-corrected chi connectivity index (χ1v) is 10.2. The fraction of sp³-hybridized carbons (Fsp3) is 0.619. The molecular formula is C21H29F3N2O3. The van der Waals surface area contributed by atoms with E-state index in [4.69, 9.17) is 4.74 Å². The van der Waals surface area contributed by atoms with E-state index < -0.39 is 24.3 Å². The SMILES string of the molecule is CCCCCCNC(=O)C1CCCN(C(=O)COc2ccccc2C(F)(F)F)C1. The smallest absolute Gasteiger partial charge is 0.419 e. The molecule has 1 unspecified atom stereocenters. The van der Waals surface area contributed by atoms with E-state index in [1.54, 1.807) is 0 Å². The van der Waals surface area contributed by atoms with E-state index in [2.05, 4.69) is 12.2 Å². The molecule has 8 heteroatoms. The molecule has 1 atom stereocenters. The molecule has 1 aliphatic rings. The number of nitrogens with one attached hydrogen (secondary N) is 1. The van der Waals surface area contributed by atoms with Gasteiger partial charge in [-0.3, -0.25) is 9.59 Å². The number of alkyl halides is 3. The standard InChI is InChI=1S/C21H29F3N2O3/c1-2-3-4-7-12-25-20(28)16-9-8-13-26(14-16)19(27)15-29-18-11-6-5-10-17(18)21(22,23)24/h5-6,10-11,16H,2-4,7-9,12-15H2,1H3,(H,25,28). The quantitative estimate of drug-likeness (QED) is 0.621. The van der Waals surface area contributed by atoms with Crippen molar-refractivity contribution in [3.63, 3.8) is 0 Å². The second-order valence-corrected chi connectivity index (χ2v) is 7.31. The summed E-state index contributed by atoms with van der Waals surface area (Å²) < 4.78 is 44.2.